The van der Waals surface area contributed by atoms with Gasteiger partial charge in [-0.15, -0.1) is 11.3 Å². The molecule has 0 fully saturated rings. The summed E-state index contributed by atoms with van der Waals surface area (Å²) < 4.78 is 0. The van der Waals surface area contributed by atoms with Crippen LogP contribution in [0.25, 0.3) is 0 Å². The van der Waals surface area contributed by atoms with E-state index >= 15 is 0 Å². The lowest BCUT2D eigenvalue weighted by atomic mass is 10.3. The van der Waals surface area contributed by atoms with Crippen molar-refractivity contribution in [3.05, 3.63) is 16.6 Å². The van der Waals surface area contributed by atoms with Gasteiger partial charge in [-0.1, -0.05) is 0 Å². The summed E-state index contributed by atoms with van der Waals surface area (Å²) in [5.41, 5.74) is 1.75. The minimum absolute atomic E-state index is 0.279. The maximum Gasteiger partial charge on any atom is 0.147 e. The molecule has 2 nitrogen and oxygen atoms in total. The Labute approximate surface area is 74.0 Å². The van der Waals surface area contributed by atoms with Crippen LogP contribution in [0.5, 0.6) is 0 Å². The van der Waals surface area contributed by atoms with Gasteiger partial charge in [0.2, 0.25) is 0 Å². The van der Waals surface area contributed by atoms with Gasteiger partial charge in [0, 0.05) is 17.5 Å². The molecule has 0 amide bonds. The third-order valence-electron chi connectivity index (χ3n) is 1.16. The van der Waals surface area contributed by atoms with E-state index in [4.69, 9.17) is 0 Å². The summed E-state index contributed by atoms with van der Waals surface area (Å²) in [6.45, 7) is 0. The Balaban J connectivity index is 2.37. The first-order chi connectivity index (χ1) is 5.33. The number of hydrogen-bond acceptors (Lipinski definition) is 4. The Morgan fingerprint density at radius 1 is 1.82 bits per heavy atom. The SMILES string of the molecule is CSCC(=O)Cc1cncs1. The number of thioether (sulfide) groups is 1. The van der Waals surface area contributed by atoms with Gasteiger partial charge in [0.05, 0.1) is 11.3 Å². The minimum atomic E-state index is 0.279. The van der Waals surface area contributed by atoms with Crippen molar-refractivity contribution in [2.24, 2.45) is 0 Å². The molecule has 0 saturated heterocycles. The second-order valence-electron chi connectivity index (χ2n) is 2.12. The van der Waals surface area contributed by atoms with Gasteiger partial charge in [-0.05, 0) is 6.26 Å². The molecule has 0 aliphatic heterocycles. The zero-order valence-corrected chi connectivity index (χ0v) is 7.87. The third kappa shape index (κ3) is 3.03. The molecule has 0 saturated carbocycles. The molecule has 0 unspecified atom stereocenters. The van der Waals surface area contributed by atoms with Crippen LogP contribution >= 0.6 is 23.1 Å². The number of carbonyl (C=O) groups is 1. The Hall–Kier alpha value is -0.350. The van der Waals surface area contributed by atoms with Gasteiger partial charge >= 0.3 is 0 Å². The first-order valence-corrected chi connectivity index (χ1v) is 5.48. The number of nitrogens with zero attached hydrogens (tertiary/aromatic N) is 1. The van der Waals surface area contributed by atoms with E-state index in [2.05, 4.69) is 4.98 Å². The predicted octanol–water partition coefficient (Wildman–Crippen LogP) is 1.62. The zero-order chi connectivity index (χ0) is 8.10. The topological polar surface area (TPSA) is 30.0 Å². The van der Waals surface area contributed by atoms with Crippen LogP contribution in [-0.4, -0.2) is 22.8 Å². The van der Waals surface area contributed by atoms with Crippen molar-refractivity contribution in [1.29, 1.82) is 0 Å². The van der Waals surface area contributed by atoms with E-state index in [1.165, 1.54) is 11.3 Å². The number of Topliss-reactive ketones (excluding diaryl/α,β-unsaturated/α-hetero) is 1. The number of rotatable bonds is 4. The maximum atomic E-state index is 11.1. The van der Waals surface area contributed by atoms with Crippen molar-refractivity contribution in [3.8, 4) is 0 Å². The van der Waals surface area contributed by atoms with Crippen LogP contribution in [0.2, 0.25) is 0 Å². The summed E-state index contributed by atoms with van der Waals surface area (Å²) in [4.78, 5) is 16.0. The monoisotopic (exact) mass is 187 g/mol. The largest absolute Gasteiger partial charge is 0.298 e. The van der Waals surface area contributed by atoms with Crippen molar-refractivity contribution in [2.45, 2.75) is 6.42 Å². The van der Waals surface area contributed by atoms with Crippen LogP contribution in [0.4, 0.5) is 0 Å². The number of ketones is 1. The second kappa shape index (κ2) is 4.51. The van der Waals surface area contributed by atoms with Crippen LogP contribution in [0, 0.1) is 0 Å². The smallest absolute Gasteiger partial charge is 0.147 e. The number of hydrogen-bond donors (Lipinski definition) is 0. The molecule has 11 heavy (non-hydrogen) atoms. The van der Waals surface area contributed by atoms with Gasteiger partial charge in [-0.3, -0.25) is 9.78 Å². The molecule has 1 aromatic heterocycles. The van der Waals surface area contributed by atoms with Gasteiger partial charge in [0.25, 0.3) is 0 Å². The van der Waals surface area contributed by atoms with E-state index < -0.39 is 0 Å². The molecule has 0 radical (unpaired) electrons. The molecule has 0 aliphatic rings. The van der Waals surface area contributed by atoms with E-state index in [9.17, 15) is 4.79 Å². The minimum Gasteiger partial charge on any atom is -0.298 e. The molecule has 0 spiro atoms. The average Bonchev–Trinajstić information content (AvgIpc) is 2.40. The molecule has 0 bridgehead atoms. The van der Waals surface area contributed by atoms with Gasteiger partial charge in [0.15, 0.2) is 0 Å². The zero-order valence-electron chi connectivity index (χ0n) is 6.24. The maximum absolute atomic E-state index is 11.1. The molecule has 0 aliphatic carbocycles. The Morgan fingerprint density at radius 2 is 2.64 bits per heavy atom. The van der Waals surface area contributed by atoms with Gasteiger partial charge in [-0.2, -0.15) is 11.8 Å². The molecular weight excluding hydrogens is 178 g/mol. The van der Waals surface area contributed by atoms with Crippen molar-refractivity contribution in [1.82, 2.24) is 4.98 Å². The molecule has 0 N–H and O–H groups in total. The lowest BCUT2D eigenvalue weighted by Gasteiger charge is -1.93. The Morgan fingerprint density at radius 3 is 3.18 bits per heavy atom. The second-order valence-corrected chi connectivity index (χ2v) is 3.95. The molecule has 0 aromatic carbocycles. The highest BCUT2D eigenvalue weighted by atomic mass is 32.2. The van der Waals surface area contributed by atoms with Crippen LogP contribution in [-0.2, 0) is 11.2 Å². The van der Waals surface area contributed by atoms with Crippen molar-refractivity contribution < 1.29 is 4.79 Å². The summed E-state index contributed by atoms with van der Waals surface area (Å²) in [6, 6.07) is 0. The van der Waals surface area contributed by atoms with Crippen LogP contribution in [0.1, 0.15) is 4.88 Å². The quantitative estimate of drug-likeness (QED) is 0.717. The normalized spacial score (nSPS) is 9.91. The van der Waals surface area contributed by atoms with E-state index in [0.29, 0.717) is 12.2 Å². The summed E-state index contributed by atoms with van der Waals surface area (Å²) in [7, 11) is 0. The first-order valence-electron chi connectivity index (χ1n) is 3.21. The molecule has 1 heterocycles. The molecular formula is C7H9NOS2. The summed E-state index contributed by atoms with van der Waals surface area (Å²) in [5.74, 6) is 0.888. The van der Waals surface area contributed by atoms with E-state index in [-0.39, 0.29) is 5.78 Å². The third-order valence-corrected chi connectivity index (χ3v) is 2.55. The van der Waals surface area contributed by atoms with E-state index in [0.717, 1.165) is 4.88 Å². The number of carbonyl (C=O) groups excluding carboxylic acids is 1. The predicted molar refractivity (Wildman–Crippen MR) is 49.2 cm³/mol. The van der Waals surface area contributed by atoms with Crippen molar-refractivity contribution >= 4 is 28.9 Å². The first kappa shape index (κ1) is 8.74. The number of aromatic nitrogens is 1. The Kier molecular flexibility index (Phi) is 3.59. The van der Waals surface area contributed by atoms with E-state index in [1.807, 2.05) is 6.26 Å². The standard InChI is InChI=1S/C7H9NOS2/c1-10-4-6(9)2-7-3-8-5-11-7/h3,5H,2,4H2,1H3. The molecule has 60 valence electrons. The van der Waals surface area contributed by atoms with Gasteiger partial charge in [0.1, 0.15) is 5.78 Å². The molecule has 1 rings (SSSR count). The summed E-state index contributed by atoms with van der Waals surface area (Å²) in [5, 5.41) is 0. The van der Waals surface area contributed by atoms with Crippen LogP contribution in [0.15, 0.2) is 11.7 Å². The molecule has 0 atom stereocenters. The molecule has 1 aromatic rings. The van der Waals surface area contributed by atoms with Crippen LogP contribution in [0.3, 0.4) is 0 Å². The van der Waals surface area contributed by atoms with Gasteiger partial charge < -0.3 is 0 Å². The highest BCUT2D eigenvalue weighted by molar-refractivity contribution is 7.99. The summed E-state index contributed by atoms with van der Waals surface area (Å²) in [6.07, 6.45) is 4.24. The Bertz CT molecular complexity index is 220. The van der Waals surface area contributed by atoms with Crippen molar-refractivity contribution in [2.75, 3.05) is 12.0 Å². The van der Waals surface area contributed by atoms with Crippen LogP contribution < -0.4 is 0 Å². The lowest BCUT2D eigenvalue weighted by Crippen LogP contribution is -2.03. The lowest BCUT2D eigenvalue weighted by molar-refractivity contribution is -0.115. The summed E-state index contributed by atoms with van der Waals surface area (Å²) >= 11 is 3.10. The fourth-order valence-corrected chi connectivity index (χ4v) is 1.78. The molecule has 4 heteroatoms. The fourth-order valence-electron chi connectivity index (χ4n) is 0.736. The van der Waals surface area contributed by atoms with E-state index in [1.54, 1.807) is 23.5 Å². The highest BCUT2D eigenvalue weighted by Crippen LogP contribution is 2.07. The van der Waals surface area contributed by atoms with Gasteiger partial charge in [-0.25, -0.2) is 0 Å². The highest BCUT2D eigenvalue weighted by Gasteiger charge is 2.02. The fraction of sp³-hybridized carbons (Fsp3) is 0.429. The number of thiazole rings is 1. The average molecular weight is 187 g/mol. The van der Waals surface area contributed by atoms with Crippen molar-refractivity contribution in [3.63, 3.8) is 0 Å².